The van der Waals surface area contributed by atoms with E-state index in [2.05, 4.69) is 5.32 Å². The predicted molar refractivity (Wildman–Crippen MR) is 123 cm³/mol. The van der Waals surface area contributed by atoms with E-state index in [4.69, 9.17) is 4.74 Å². The van der Waals surface area contributed by atoms with Crippen molar-refractivity contribution < 1.29 is 14.3 Å². The third-order valence-corrected chi connectivity index (χ3v) is 6.08. The SMILES string of the molecule is COc1cccc(CN(C(=O)CCc2ccccc2)[C@@H](C)C(=O)NC2CCCCC2)c1. The van der Waals surface area contributed by atoms with E-state index in [0.29, 0.717) is 19.4 Å². The molecule has 166 valence electrons. The molecule has 0 heterocycles. The number of rotatable bonds is 9. The molecule has 0 spiro atoms. The maximum atomic E-state index is 13.2. The fraction of sp³-hybridized carbons (Fsp3) is 0.462. The molecule has 5 nitrogen and oxygen atoms in total. The topological polar surface area (TPSA) is 58.6 Å². The van der Waals surface area contributed by atoms with Gasteiger partial charge in [0.05, 0.1) is 7.11 Å². The van der Waals surface area contributed by atoms with Crippen LogP contribution in [0.3, 0.4) is 0 Å². The van der Waals surface area contributed by atoms with Crippen molar-refractivity contribution in [1.82, 2.24) is 10.2 Å². The summed E-state index contributed by atoms with van der Waals surface area (Å²) in [5.41, 5.74) is 2.07. The Bertz CT molecular complexity index is 847. The van der Waals surface area contributed by atoms with Crippen LogP contribution in [0.4, 0.5) is 0 Å². The van der Waals surface area contributed by atoms with Gasteiger partial charge in [0.15, 0.2) is 0 Å². The van der Waals surface area contributed by atoms with E-state index in [1.807, 2.05) is 61.5 Å². The van der Waals surface area contributed by atoms with Gasteiger partial charge in [-0.1, -0.05) is 61.7 Å². The first-order chi connectivity index (χ1) is 15.1. The van der Waals surface area contributed by atoms with Gasteiger partial charge in [-0.2, -0.15) is 0 Å². The molecule has 0 radical (unpaired) electrons. The molecule has 1 fully saturated rings. The molecular weight excluding hydrogens is 388 g/mol. The number of aryl methyl sites for hydroxylation is 1. The fourth-order valence-corrected chi connectivity index (χ4v) is 4.16. The van der Waals surface area contributed by atoms with E-state index < -0.39 is 6.04 Å². The summed E-state index contributed by atoms with van der Waals surface area (Å²) >= 11 is 0. The highest BCUT2D eigenvalue weighted by Gasteiger charge is 2.28. The highest BCUT2D eigenvalue weighted by molar-refractivity contribution is 5.87. The third kappa shape index (κ3) is 6.84. The van der Waals surface area contributed by atoms with Gasteiger partial charge < -0.3 is 15.0 Å². The minimum absolute atomic E-state index is 0.0158. The maximum Gasteiger partial charge on any atom is 0.242 e. The summed E-state index contributed by atoms with van der Waals surface area (Å²) in [5, 5.41) is 3.18. The van der Waals surface area contributed by atoms with Crippen molar-refractivity contribution in [2.24, 2.45) is 0 Å². The second-order valence-electron chi connectivity index (χ2n) is 8.38. The van der Waals surface area contributed by atoms with Crippen LogP contribution in [0.5, 0.6) is 5.75 Å². The monoisotopic (exact) mass is 422 g/mol. The highest BCUT2D eigenvalue weighted by atomic mass is 16.5. The molecule has 1 N–H and O–H groups in total. The molecule has 0 unspecified atom stereocenters. The quantitative estimate of drug-likeness (QED) is 0.648. The standard InChI is InChI=1S/C26H34N2O3/c1-20(26(30)27-23-13-7-4-8-14-23)28(19-22-12-9-15-24(18-22)31-2)25(29)17-16-21-10-5-3-6-11-21/h3,5-6,9-12,15,18,20,23H,4,7-8,13-14,16-17,19H2,1-2H3,(H,27,30)/t20-/m0/s1. The van der Waals surface area contributed by atoms with Crippen molar-refractivity contribution >= 4 is 11.8 Å². The summed E-state index contributed by atoms with van der Waals surface area (Å²) < 4.78 is 5.33. The second-order valence-corrected chi connectivity index (χ2v) is 8.38. The Morgan fingerprint density at radius 3 is 2.45 bits per heavy atom. The fourth-order valence-electron chi connectivity index (χ4n) is 4.16. The lowest BCUT2D eigenvalue weighted by molar-refractivity contribution is -0.141. The van der Waals surface area contributed by atoms with Gasteiger partial charge in [0.2, 0.25) is 11.8 Å². The lowest BCUT2D eigenvalue weighted by Gasteiger charge is -2.31. The largest absolute Gasteiger partial charge is 0.497 e. The van der Waals surface area contributed by atoms with Gasteiger partial charge in [0.25, 0.3) is 0 Å². The van der Waals surface area contributed by atoms with Crippen molar-refractivity contribution in [1.29, 1.82) is 0 Å². The molecule has 0 aliphatic heterocycles. The van der Waals surface area contributed by atoms with Crippen LogP contribution < -0.4 is 10.1 Å². The number of ether oxygens (including phenoxy) is 1. The van der Waals surface area contributed by atoms with E-state index >= 15 is 0 Å². The zero-order valence-corrected chi connectivity index (χ0v) is 18.7. The number of benzene rings is 2. The molecule has 5 heteroatoms. The van der Waals surface area contributed by atoms with Crippen LogP contribution in [0, 0.1) is 0 Å². The van der Waals surface area contributed by atoms with E-state index in [1.54, 1.807) is 12.0 Å². The molecule has 31 heavy (non-hydrogen) atoms. The lowest BCUT2D eigenvalue weighted by atomic mass is 9.95. The molecule has 1 aliphatic carbocycles. The van der Waals surface area contributed by atoms with Crippen LogP contribution in [0.15, 0.2) is 54.6 Å². The molecule has 2 aromatic rings. The van der Waals surface area contributed by atoms with Crippen molar-refractivity contribution in [3.8, 4) is 5.75 Å². The highest BCUT2D eigenvalue weighted by Crippen LogP contribution is 2.20. The summed E-state index contributed by atoms with van der Waals surface area (Å²) in [6, 6.07) is 17.4. The summed E-state index contributed by atoms with van der Waals surface area (Å²) in [6.45, 7) is 2.21. The van der Waals surface area contributed by atoms with Gasteiger partial charge in [-0.05, 0) is 49.4 Å². The average Bonchev–Trinajstić information content (AvgIpc) is 2.82. The lowest BCUT2D eigenvalue weighted by Crippen LogP contribution is -2.50. The minimum atomic E-state index is -0.531. The zero-order chi connectivity index (χ0) is 22.1. The van der Waals surface area contributed by atoms with Crippen LogP contribution in [-0.4, -0.2) is 35.9 Å². The van der Waals surface area contributed by atoms with E-state index in [-0.39, 0.29) is 17.9 Å². The van der Waals surface area contributed by atoms with E-state index in [1.165, 1.54) is 6.42 Å². The number of carbonyl (C=O) groups excluding carboxylic acids is 2. The Labute approximate surface area is 185 Å². The number of hydrogen-bond acceptors (Lipinski definition) is 3. The molecule has 0 bridgehead atoms. The van der Waals surface area contributed by atoms with Gasteiger partial charge in [-0.15, -0.1) is 0 Å². The minimum Gasteiger partial charge on any atom is -0.497 e. The first-order valence-corrected chi connectivity index (χ1v) is 11.3. The number of nitrogens with zero attached hydrogens (tertiary/aromatic N) is 1. The zero-order valence-electron chi connectivity index (χ0n) is 18.7. The molecule has 2 amide bonds. The molecule has 2 aromatic carbocycles. The summed E-state index contributed by atoms with van der Waals surface area (Å²) in [7, 11) is 1.63. The smallest absolute Gasteiger partial charge is 0.242 e. The molecule has 1 saturated carbocycles. The summed E-state index contributed by atoms with van der Waals surface area (Å²) in [4.78, 5) is 27.9. The molecule has 1 aliphatic rings. The summed E-state index contributed by atoms with van der Waals surface area (Å²) in [5.74, 6) is 0.661. The Morgan fingerprint density at radius 1 is 1.03 bits per heavy atom. The number of amides is 2. The Morgan fingerprint density at radius 2 is 1.74 bits per heavy atom. The number of methoxy groups -OCH3 is 1. The van der Waals surface area contributed by atoms with Crippen molar-refractivity contribution in [3.63, 3.8) is 0 Å². The predicted octanol–water partition coefficient (Wildman–Crippen LogP) is 4.49. The third-order valence-electron chi connectivity index (χ3n) is 6.08. The van der Waals surface area contributed by atoms with Crippen LogP contribution in [-0.2, 0) is 22.6 Å². The van der Waals surface area contributed by atoms with Crippen molar-refractivity contribution in [2.45, 2.75) is 70.5 Å². The summed E-state index contributed by atoms with van der Waals surface area (Å²) in [6.07, 6.45) is 6.63. The van der Waals surface area contributed by atoms with E-state index in [9.17, 15) is 9.59 Å². The normalized spacial score (nSPS) is 15.2. The molecule has 3 rings (SSSR count). The van der Waals surface area contributed by atoms with Gasteiger partial charge in [0, 0.05) is 19.0 Å². The molecule has 0 aromatic heterocycles. The van der Waals surface area contributed by atoms with Crippen LogP contribution in [0.2, 0.25) is 0 Å². The van der Waals surface area contributed by atoms with Crippen LogP contribution >= 0.6 is 0 Å². The Balaban J connectivity index is 1.71. The van der Waals surface area contributed by atoms with Gasteiger partial charge in [-0.3, -0.25) is 9.59 Å². The Hall–Kier alpha value is -2.82. The first kappa shape index (κ1) is 22.9. The van der Waals surface area contributed by atoms with Crippen LogP contribution in [0.1, 0.15) is 56.6 Å². The molecular formula is C26H34N2O3. The van der Waals surface area contributed by atoms with E-state index in [0.717, 1.165) is 42.6 Å². The molecule has 0 saturated heterocycles. The number of nitrogens with one attached hydrogen (secondary N) is 1. The maximum absolute atomic E-state index is 13.2. The second kappa shape index (κ2) is 11.5. The van der Waals surface area contributed by atoms with Gasteiger partial charge in [0.1, 0.15) is 11.8 Å². The van der Waals surface area contributed by atoms with Crippen molar-refractivity contribution in [3.05, 3.63) is 65.7 Å². The van der Waals surface area contributed by atoms with Crippen LogP contribution in [0.25, 0.3) is 0 Å². The average molecular weight is 423 g/mol. The number of carbonyl (C=O) groups is 2. The van der Waals surface area contributed by atoms with Crippen molar-refractivity contribution in [2.75, 3.05) is 7.11 Å². The molecule has 1 atom stereocenters. The number of hydrogen-bond donors (Lipinski definition) is 1. The van der Waals surface area contributed by atoms with Gasteiger partial charge >= 0.3 is 0 Å². The Kier molecular flexibility index (Phi) is 8.51. The first-order valence-electron chi connectivity index (χ1n) is 11.3. The van der Waals surface area contributed by atoms with Gasteiger partial charge in [-0.25, -0.2) is 0 Å².